The van der Waals surface area contributed by atoms with E-state index in [-0.39, 0.29) is 5.91 Å². The van der Waals surface area contributed by atoms with Crippen LogP contribution in [0, 0.1) is 5.92 Å². The van der Waals surface area contributed by atoms with E-state index in [1.54, 1.807) is 7.11 Å². The molecule has 4 heteroatoms. The van der Waals surface area contributed by atoms with Crippen LogP contribution in [0.2, 0.25) is 0 Å². The van der Waals surface area contributed by atoms with Gasteiger partial charge in [-0.3, -0.25) is 4.79 Å². The predicted octanol–water partition coefficient (Wildman–Crippen LogP) is 1.70. The fourth-order valence-corrected chi connectivity index (χ4v) is 2.57. The van der Waals surface area contributed by atoms with E-state index < -0.39 is 0 Å². The number of methoxy groups -OCH3 is 1. The third-order valence-electron chi connectivity index (χ3n) is 3.68. The first-order chi connectivity index (χ1) is 9.19. The molecule has 19 heavy (non-hydrogen) atoms. The van der Waals surface area contributed by atoms with E-state index >= 15 is 0 Å². The Morgan fingerprint density at radius 2 is 2.16 bits per heavy atom. The molecule has 0 spiro atoms. The molecule has 1 amide bonds. The van der Waals surface area contributed by atoms with E-state index in [2.05, 4.69) is 0 Å². The number of piperidine rings is 1. The Morgan fingerprint density at radius 1 is 1.42 bits per heavy atom. The molecule has 1 saturated heterocycles. The molecule has 104 valence electrons. The van der Waals surface area contributed by atoms with E-state index in [0.29, 0.717) is 18.0 Å². The van der Waals surface area contributed by atoms with Gasteiger partial charge in [0.05, 0.1) is 6.42 Å². The zero-order chi connectivity index (χ0) is 13.7. The average molecular weight is 262 g/mol. The molecule has 2 N–H and O–H groups in total. The molecule has 0 radical (unpaired) electrons. The van der Waals surface area contributed by atoms with Crippen LogP contribution in [0.25, 0.3) is 0 Å². The Morgan fingerprint density at radius 3 is 2.79 bits per heavy atom. The van der Waals surface area contributed by atoms with E-state index in [4.69, 9.17) is 10.5 Å². The lowest BCUT2D eigenvalue weighted by molar-refractivity contribution is -0.132. The number of nitrogens with two attached hydrogens (primary N) is 1. The maximum Gasteiger partial charge on any atom is 0.226 e. The predicted molar refractivity (Wildman–Crippen MR) is 75.7 cm³/mol. The number of rotatable bonds is 4. The van der Waals surface area contributed by atoms with Crippen molar-refractivity contribution in [2.45, 2.75) is 19.3 Å². The zero-order valence-corrected chi connectivity index (χ0v) is 11.5. The molecular formula is C15H22N2O2. The van der Waals surface area contributed by atoms with Gasteiger partial charge in [0.25, 0.3) is 0 Å². The Bertz CT molecular complexity index is 426. The number of hydrogen-bond donors (Lipinski definition) is 1. The number of carbonyl (C=O) groups excluding carboxylic acids is 1. The molecule has 1 aromatic rings. The molecule has 1 heterocycles. The average Bonchev–Trinajstić information content (AvgIpc) is 2.40. The fraction of sp³-hybridized carbons (Fsp3) is 0.533. The molecular weight excluding hydrogens is 240 g/mol. The second kappa shape index (κ2) is 6.57. The van der Waals surface area contributed by atoms with E-state index in [9.17, 15) is 4.79 Å². The number of likely N-dealkylation sites (tertiary alicyclic amines) is 1. The first-order valence-corrected chi connectivity index (χ1v) is 6.80. The number of carbonyl (C=O) groups is 1. The van der Waals surface area contributed by atoms with Crippen molar-refractivity contribution >= 4 is 11.6 Å². The van der Waals surface area contributed by atoms with Gasteiger partial charge in [0, 0.05) is 32.5 Å². The second-order valence-corrected chi connectivity index (χ2v) is 5.20. The summed E-state index contributed by atoms with van der Waals surface area (Å²) in [6.45, 7) is 2.49. The Kier molecular flexibility index (Phi) is 4.80. The minimum absolute atomic E-state index is 0.196. The standard InChI is InChI=1S/C15H22N2O2/c1-19-11-12-5-7-17(8-6-12)15(18)10-13-3-2-4-14(16)9-13/h2-4,9,12H,5-8,10-11,16H2,1H3. The van der Waals surface area contributed by atoms with Gasteiger partial charge in [0.1, 0.15) is 0 Å². The van der Waals surface area contributed by atoms with E-state index in [1.165, 1.54) is 0 Å². The van der Waals surface area contributed by atoms with E-state index in [0.717, 1.165) is 38.1 Å². The highest BCUT2D eigenvalue weighted by Crippen LogP contribution is 2.18. The van der Waals surface area contributed by atoms with Crippen LogP contribution >= 0.6 is 0 Å². The third-order valence-corrected chi connectivity index (χ3v) is 3.68. The van der Waals surface area contributed by atoms with Gasteiger partial charge in [-0.2, -0.15) is 0 Å². The Balaban J connectivity index is 1.84. The summed E-state index contributed by atoms with van der Waals surface area (Å²) in [5.74, 6) is 0.794. The number of nitrogens with zero attached hydrogens (tertiary/aromatic N) is 1. The number of anilines is 1. The van der Waals surface area contributed by atoms with Crippen molar-refractivity contribution in [3.05, 3.63) is 29.8 Å². The van der Waals surface area contributed by atoms with Crippen molar-refractivity contribution in [2.24, 2.45) is 5.92 Å². The molecule has 0 aliphatic carbocycles. The van der Waals surface area contributed by atoms with Gasteiger partial charge in [0.2, 0.25) is 5.91 Å². The second-order valence-electron chi connectivity index (χ2n) is 5.20. The molecule has 1 fully saturated rings. The fourth-order valence-electron chi connectivity index (χ4n) is 2.57. The monoisotopic (exact) mass is 262 g/mol. The van der Waals surface area contributed by atoms with Gasteiger partial charge in [-0.1, -0.05) is 12.1 Å². The first-order valence-electron chi connectivity index (χ1n) is 6.80. The highest BCUT2D eigenvalue weighted by molar-refractivity contribution is 5.79. The summed E-state index contributed by atoms with van der Waals surface area (Å²) in [5.41, 5.74) is 7.43. The molecule has 2 rings (SSSR count). The van der Waals surface area contributed by atoms with Crippen molar-refractivity contribution in [1.29, 1.82) is 0 Å². The molecule has 0 unspecified atom stereocenters. The van der Waals surface area contributed by atoms with Crippen molar-refractivity contribution in [2.75, 3.05) is 32.5 Å². The van der Waals surface area contributed by atoms with Crippen molar-refractivity contribution in [3.63, 3.8) is 0 Å². The summed E-state index contributed by atoms with van der Waals surface area (Å²) in [4.78, 5) is 14.2. The van der Waals surface area contributed by atoms with Gasteiger partial charge < -0.3 is 15.4 Å². The molecule has 1 aliphatic heterocycles. The molecule has 0 atom stereocenters. The van der Waals surface area contributed by atoms with Crippen LogP contribution in [-0.2, 0) is 16.0 Å². The highest BCUT2D eigenvalue weighted by atomic mass is 16.5. The lowest BCUT2D eigenvalue weighted by atomic mass is 9.97. The maximum absolute atomic E-state index is 12.2. The van der Waals surface area contributed by atoms with Crippen molar-refractivity contribution in [1.82, 2.24) is 4.90 Å². The number of hydrogen-bond acceptors (Lipinski definition) is 3. The van der Waals surface area contributed by atoms with Crippen LogP contribution in [0.4, 0.5) is 5.69 Å². The SMILES string of the molecule is COCC1CCN(C(=O)Cc2cccc(N)c2)CC1. The minimum Gasteiger partial charge on any atom is -0.399 e. The van der Waals surface area contributed by atoms with Crippen LogP contribution in [0.5, 0.6) is 0 Å². The summed E-state index contributed by atoms with van der Waals surface area (Å²) < 4.78 is 5.17. The molecule has 0 bridgehead atoms. The number of nitrogen functional groups attached to an aromatic ring is 1. The number of benzene rings is 1. The van der Waals surface area contributed by atoms with Crippen LogP contribution < -0.4 is 5.73 Å². The summed E-state index contributed by atoms with van der Waals surface area (Å²) in [6.07, 6.45) is 2.52. The lowest BCUT2D eigenvalue weighted by Gasteiger charge is -2.31. The Labute approximate surface area is 114 Å². The van der Waals surface area contributed by atoms with Crippen LogP contribution in [-0.4, -0.2) is 37.6 Å². The van der Waals surface area contributed by atoms with Gasteiger partial charge in [-0.25, -0.2) is 0 Å². The first kappa shape index (κ1) is 13.9. The third kappa shape index (κ3) is 3.96. The maximum atomic E-state index is 12.2. The van der Waals surface area contributed by atoms with Gasteiger partial charge in [-0.15, -0.1) is 0 Å². The molecule has 0 aromatic heterocycles. The molecule has 4 nitrogen and oxygen atoms in total. The van der Waals surface area contributed by atoms with Gasteiger partial charge in [0.15, 0.2) is 0 Å². The molecule has 0 saturated carbocycles. The largest absolute Gasteiger partial charge is 0.399 e. The quantitative estimate of drug-likeness (QED) is 0.840. The summed E-state index contributed by atoms with van der Waals surface area (Å²) in [6, 6.07) is 7.55. The van der Waals surface area contributed by atoms with Gasteiger partial charge >= 0.3 is 0 Å². The van der Waals surface area contributed by atoms with Crippen LogP contribution in [0.15, 0.2) is 24.3 Å². The smallest absolute Gasteiger partial charge is 0.226 e. The Hall–Kier alpha value is -1.55. The zero-order valence-electron chi connectivity index (χ0n) is 11.5. The normalized spacial score (nSPS) is 16.6. The molecule has 1 aromatic carbocycles. The van der Waals surface area contributed by atoms with Crippen LogP contribution in [0.1, 0.15) is 18.4 Å². The van der Waals surface area contributed by atoms with Gasteiger partial charge in [-0.05, 0) is 36.5 Å². The number of amides is 1. The summed E-state index contributed by atoms with van der Waals surface area (Å²) >= 11 is 0. The molecule has 1 aliphatic rings. The topological polar surface area (TPSA) is 55.6 Å². The highest BCUT2D eigenvalue weighted by Gasteiger charge is 2.22. The summed E-state index contributed by atoms with van der Waals surface area (Å²) in [7, 11) is 1.73. The number of ether oxygens (including phenoxy) is 1. The lowest BCUT2D eigenvalue weighted by Crippen LogP contribution is -2.40. The minimum atomic E-state index is 0.196. The van der Waals surface area contributed by atoms with E-state index in [1.807, 2.05) is 29.2 Å². The van der Waals surface area contributed by atoms with Crippen molar-refractivity contribution in [3.8, 4) is 0 Å². The van der Waals surface area contributed by atoms with Crippen molar-refractivity contribution < 1.29 is 9.53 Å². The summed E-state index contributed by atoms with van der Waals surface area (Å²) in [5, 5.41) is 0. The van der Waals surface area contributed by atoms with Crippen LogP contribution in [0.3, 0.4) is 0 Å².